The summed E-state index contributed by atoms with van der Waals surface area (Å²) in [5.41, 5.74) is 1.49. The standard InChI is InChI=1S/C9H9N3O/c1-2-7-8(11-3-1)12-9(13-7)6-4-10-5-6/h1-3,6,10H,4-5H2. The van der Waals surface area contributed by atoms with Crippen LogP contribution in [-0.2, 0) is 0 Å². The molecule has 1 aliphatic rings. The first kappa shape index (κ1) is 7.03. The van der Waals surface area contributed by atoms with Gasteiger partial charge in [-0.3, -0.25) is 0 Å². The number of nitrogens with zero attached hydrogens (tertiary/aromatic N) is 2. The molecule has 2 aromatic heterocycles. The molecule has 0 spiro atoms. The maximum Gasteiger partial charge on any atom is 0.202 e. The lowest BCUT2D eigenvalue weighted by Gasteiger charge is -2.23. The number of fused-ring (bicyclic) bond motifs is 1. The second-order valence-electron chi connectivity index (χ2n) is 3.23. The van der Waals surface area contributed by atoms with Gasteiger partial charge in [-0.15, -0.1) is 0 Å². The minimum Gasteiger partial charge on any atom is -0.439 e. The van der Waals surface area contributed by atoms with E-state index >= 15 is 0 Å². The molecule has 4 nitrogen and oxygen atoms in total. The van der Waals surface area contributed by atoms with Crippen LogP contribution in [0.4, 0.5) is 0 Å². The molecule has 0 saturated carbocycles. The van der Waals surface area contributed by atoms with Crippen molar-refractivity contribution in [3.05, 3.63) is 24.2 Å². The monoisotopic (exact) mass is 175 g/mol. The van der Waals surface area contributed by atoms with Crippen molar-refractivity contribution in [3.63, 3.8) is 0 Å². The molecule has 66 valence electrons. The van der Waals surface area contributed by atoms with Crippen molar-refractivity contribution < 1.29 is 4.42 Å². The fourth-order valence-corrected chi connectivity index (χ4v) is 1.42. The maximum atomic E-state index is 5.56. The molecule has 0 unspecified atom stereocenters. The third kappa shape index (κ3) is 1.02. The Labute approximate surface area is 75.0 Å². The molecule has 1 N–H and O–H groups in total. The van der Waals surface area contributed by atoms with Gasteiger partial charge in [0, 0.05) is 19.3 Å². The summed E-state index contributed by atoms with van der Waals surface area (Å²) in [7, 11) is 0. The molecule has 0 aliphatic carbocycles. The van der Waals surface area contributed by atoms with Crippen LogP contribution in [0.25, 0.3) is 11.2 Å². The Hall–Kier alpha value is -1.42. The van der Waals surface area contributed by atoms with E-state index in [0.717, 1.165) is 24.6 Å². The van der Waals surface area contributed by atoms with E-state index in [2.05, 4.69) is 15.3 Å². The van der Waals surface area contributed by atoms with Crippen molar-refractivity contribution in [2.75, 3.05) is 13.1 Å². The van der Waals surface area contributed by atoms with Gasteiger partial charge in [-0.05, 0) is 12.1 Å². The Morgan fingerprint density at radius 1 is 1.46 bits per heavy atom. The van der Waals surface area contributed by atoms with Crippen molar-refractivity contribution >= 4 is 11.2 Å². The van der Waals surface area contributed by atoms with Gasteiger partial charge in [0.05, 0.1) is 5.92 Å². The van der Waals surface area contributed by atoms with Crippen molar-refractivity contribution in [1.29, 1.82) is 0 Å². The summed E-state index contributed by atoms with van der Waals surface area (Å²) in [5.74, 6) is 1.25. The summed E-state index contributed by atoms with van der Waals surface area (Å²) in [6.07, 6.45) is 1.73. The van der Waals surface area contributed by atoms with E-state index in [9.17, 15) is 0 Å². The van der Waals surface area contributed by atoms with E-state index < -0.39 is 0 Å². The Balaban J connectivity index is 2.10. The zero-order valence-corrected chi connectivity index (χ0v) is 7.03. The fraction of sp³-hybridized carbons (Fsp3) is 0.333. The van der Waals surface area contributed by atoms with Crippen LogP contribution < -0.4 is 5.32 Å². The number of hydrogen-bond acceptors (Lipinski definition) is 4. The molecule has 0 bridgehead atoms. The molecule has 13 heavy (non-hydrogen) atoms. The zero-order chi connectivity index (χ0) is 8.67. The van der Waals surface area contributed by atoms with Crippen LogP contribution in [0.15, 0.2) is 22.7 Å². The van der Waals surface area contributed by atoms with Crippen molar-refractivity contribution in [2.24, 2.45) is 0 Å². The second-order valence-corrected chi connectivity index (χ2v) is 3.23. The molecule has 2 aromatic rings. The second kappa shape index (κ2) is 2.53. The lowest BCUT2D eigenvalue weighted by atomic mass is 10.0. The molecule has 3 heterocycles. The molecule has 0 atom stereocenters. The van der Waals surface area contributed by atoms with Crippen LogP contribution >= 0.6 is 0 Å². The quantitative estimate of drug-likeness (QED) is 0.699. The highest BCUT2D eigenvalue weighted by Gasteiger charge is 2.24. The first-order valence-corrected chi connectivity index (χ1v) is 4.35. The lowest BCUT2D eigenvalue weighted by Crippen LogP contribution is -2.40. The Morgan fingerprint density at radius 3 is 3.08 bits per heavy atom. The van der Waals surface area contributed by atoms with Crippen molar-refractivity contribution in [2.45, 2.75) is 5.92 Å². The topological polar surface area (TPSA) is 51.0 Å². The van der Waals surface area contributed by atoms with Crippen LogP contribution in [0.1, 0.15) is 11.8 Å². The van der Waals surface area contributed by atoms with Crippen LogP contribution in [-0.4, -0.2) is 23.1 Å². The van der Waals surface area contributed by atoms with Crippen LogP contribution in [0.3, 0.4) is 0 Å². The van der Waals surface area contributed by atoms with Gasteiger partial charge in [0.25, 0.3) is 0 Å². The van der Waals surface area contributed by atoms with Crippen molar-refractivity contribution in [3.8, 4) is 0 Å². The van der Waals surface area contributed by atoms with E-state index in [1.54, 1.807) is 6.20 Å². The van der Waals surface area contributed by atoms with Gasteiger partial charge in [0.15, 0.2) is 11.2 Å². The molecule has 1 fully saturated rings. The normalized spacial score (nSPS) is 17.5. The first-order valence-electron chi connectivity index (χ1n) is 4.35. The fourth-order valence-electron chi connectivity index (χ4n) is 1.42. The van der Waals surface area contributed by atoms with E-state index in [1.807, 2.05) is 12.1 Å². The van der Waals surface area contributed by atoms with Gasteiger partial charge in [0.1, 0.15) is 0 Å². The smallest absolute Gasteiger partial charge is 0.202 e. The zero-order valence-electron chi connectivity index (χ0n) is 7.03. The van der Waals surface area contributed by atoms with Crippen LogP contribution in [0, 0.1) is 0 Å². The summed E-state index contributed by atoms with van der Waals surface area (Å²) in [6.45, 7) is 1.93. The summed E-state index contributed by atoms with van der Waals surface area (Å²) < 4.78 is 5.56. The average molecular weight is 175 g/mol. The molecule has 4 heteroatoms. The highest BCUT2D eigenvalue weighted by atomic mass is 16.3. The van der Waals surface area contributed by atoms with Gasteiger partial charge in [-0.25, -0.2) is 4.98 Å². The Morgan fingerprint density at radius 2 is 2.38 bits per heavy atom. The van der Waals surface area contributed by atoms with Gasteiger partial charge < -0.3 is 9.73 Å². The number of oxazole rings is 1. The van der Waals surface area contributed by atoms with Crippen molar-refractivity contribution in [1.82, 2.24) is 15.3 Å². The summed E-state index contributed by atoms with van der Waals surface area (Å²) in [5, 5.41) is 3.18. The minimum absolute atomic E-state index is 0.439. The van der Waals surface area contributed by atoms with E-state index in [-0.39, 0.29) is 0 Å². The van der Waals surface area contributed by atoms with E-state index in [1.165, 1.54) is 0 Å². The largest absolute Gasteiger partial charge is 0.439 e. The number of rotatable bonds is 1. The van der Waals surface area contributed by atoms with E-state index in [0.29, 0.717) is 11.6 Å². The van der Waals surface area contributed by atoms with Gasteiger partial charge >= 0.3 is 0 Å². The van der Waals surface area contributed by atoms with Gasteiger partial charge in [0.2, 0.25) is 5.89 Å². The number of hydrogen-bond donors (Lipinski definition) is 1. The molecular formula is C9H9N3O. The molecule has 0 radical (unpaired) electrons. The Bertz CT molecular complexity index is 400. The predicted molar refractivity (Wildman–Crippen MR) is 47.4 cm³/mol. The minimum atomic E-state index is 0.439. The van der Waals surface area contributed by atoms with Gasteiger partial charge in [-0.1, -0.05) is 0 Å². The molecule has 0 aromatic carbocycles. The molecular weight excluding hydrogens is 166 g/mol. The average Bonchev–Trinajstić information content (AvgIpc) is 2.43. The summed E-state index contributed by atoms with van der Waals surface area (Å²) >= 11 is 0. The maximum absolute atomic E-state index is 5.56. The highest BCUT2D eigenvalue weighted by molar-refractivity contribution is 5.67. The molecule has 1 saturated heterocycles. The number of pyridine rings is 1. The predicted octanol–water partition coefficient (Wildman–Crippen LogP) is 0.910. The van der Waals surface area contributed by atoms with Gasteiger partial charge in [-0.2, -0.15) is 4.98 Å². The third-order valence-corrected chi connectivity index (χ3v) is 2.31. The summed E-state index contributed by atoms with van der Waals surface area (Å²) in [4.78, 5) is 8.43. The molecule has 0 amide bonds. The number of nitrogens with one attached hydrogen (secondary N) is 1. The van der Waals surface area contributed by atoms with Crippen LogP contribution in [0.2, 0.25) is 0 Å². The number of aromatic nitrogens is 2. The summed E-state index contributed by atoms with van der Waals surface area (Å²) in [6, 6.07) is 3.75. The Kier molecular flexibility index (Phi) is 1.37. The van der Waals surface area contributed by atoms with Crippen LogP contribution in [0.5, 0.6) is 0 Å². The molecule has 1 aliphatic heterocycles. The highest BCUT2D eigenvalue weighted by Crippen LogP contribution is 2.22. The third-order valence-electron chi connectivity index (χ3n) is 2.31. The first-order chi connectivity index (χ1) is 6.43. The lowest BCUT2D eigenvalue weighted by molar-refractivity contribution is 0.367. The SMILES string of the molecule is c1cnc2nc(C3CNC3)oc2c1. The molecule has 3 rings (SSSR count). The van der Waals surface area contributed by atoms with E-state index in [4.69, 9.17) is 4.42 Å².